The number of nitrogens with zero attached hydrogens (tertiary/aromatic N) is 2. The Kier molecular flexibility index (Phi) is 3.46. The van der Waals surface area contributed by atoms with Crippen molar-refractivity contribution in [1.82, 2.24) is 14.8 Å². The third kappa shape index (κ3) is 2.48. The summed E-state index contributed by atoms with van der Waals surface area (Å²) in [6.45, 7) is 2.10. The second-order valence-corrected chi connectivity index (χ2v) is 4.20. The van der Waals surface area contributed by atoms with Crippen molar-refractivity contribution in [3.63, 3.8) is 0 Å². The van der Waals surface area contributed by atoms with Crippen LogP contribution >= 0.6 is 11.5 Å². The first-order chi connectivity index (χ1) is 8.24. The number of benzene rings is 1. The molecular weight excluding hydrogens is 236 g/mol. The Labute approximate surface area is 103 Å². The molecule has 0 saturated carbocycles. The van der Waals surface area contributed by atoms with Gasteiger partial charge >= 0.3 is 0 Å². The summed E-state index contributed by atoms with van der Waals surface area (Å²) in [5.74, 6) is 5.16. The number of nitrogens with one attached hydrogen (secondary N) is 1. The van der Waals surface area contributed by atoms with Crippen LogP contribution in [0, 0.1) is 0 Å². The van der Waals surface area contributed by atoms with Crippen molar-refractivity contribution in [2.75, 3.05) is 0 Å². The van der Waals surface area contributed by atoms with E-state index in [1.54, 1.807) is 0 Å². The number of amides is 1. The number of hydrogen-bond donors (Lipinski definition) is 2. The lowest BCUT2D eigenvalue weighted by Crippen LogP contribution is -2.29. The number of carbonyl (C=O) groups is 1. The summed E-state index contributed by atoms with van der Waals surface area (Å²) < 4.78 is 4.13. The zero-order chi connectivity index (χ0) is 12.3. The smallest absolute Gasteiger partial charge is 0.288 e. The molecule has 0 atom stereocenters. The molecule has 0 aliphatic carbocycles. The number of aromatic nitrogens is 2. The number of hydrazine groups is 1. The van der Waals surface area contributed by atoms with Crippen LogP contribution in [0.3, 0.4) is 0 Å². The normalized spacial score (nSPS) is 10.2. The van der Waals surface area contributed by atoms with Crippen molar-refractivity contribution in [2.45, 2.75) is 13.3 Å². The molecule has 0 bridgehead atoms. The van der Waals surface area contributed by atoms with E-state index in [1.807, 2.05) is 29.7 Å². The maximum Gasteiger partial charge on any atom is 0.295 e. The van der Waals surface area contributed by atoms with Crippen molar-refractivity contribution >= 4 is 17.4 Å². The minimum atomic E-state index is -0.418. The van der Waals surface area contributed by atoms with Crippen LogP contribution in [-0.4, -0.2) is 15.3 Å². The number of aryl methyl sites for hydroxylation is 1. The van der Waals surface area contributed by atoms with Gasteiger partial charge in [0.25, 0.3) is 5.91 Å². The van der Waals surface area contributed by atoms with Crippen LogP contribution in [-0.2, 0) is 6.42 Å². The molecule has 0 aliphatic rings. The third-order valence-corrected chi connectivity index (χ3v) is 3.09. The molecule has 0 unspecified atom stereocenters. The van der Waals surface area contributed by atoms with Crippen LogP contribution in [0.2, 0.25) is 0 Å². The van der Waals surface area contributed by atoms with Gasteiger partial charge in [0, 0.05) is 5.56 Å². The highest BCUT2D eigenvalue weighted by Crippen LogP contribution is 2.18. The van der Waals surface area contributed by atoms with E-state index in [2.05, 4.69) is 16.3 Å². The molecule has 88 valence electrons. The van der Waals surface area contributed by atoms with Crippen molar-refractivity contribution in [1.29, 1.82) is 0 Å². The van der Waals surface area contributed by atoms with Gasteiger partial charge < -0.3 is 0 Å². The number of nitrogens with two attached hydrogens (primary N) is 1. The molecule has 0 saturated heterocycles. The van der Waals surface area contributed by atoms with Crippen molar-refractivity contribution in [3.05, 3.63) is 34.8 Å². The second kappa shape index (κ2) is 5.03. The van der Waals surface area contributed by atoms with Gasteiger partial charge in [0.05, 0.1) is 0 Å². The van der Waals surface area contributed by atoms with E-state index < -0.39 is 5.91 Å². The largest absolute Gasteiger partial charge is 0.295 e. The van der Waals surface area contributed by atoms with Gasteiger partial charge in [-0.05, 0) is 23.5 Å². The van der Waals surface area contributed by atoms with Crippen molar-refractivity contribution < 1.29 is 4.79 Å². The molecule has 0 radical (unpaired) electrons. The Balaban J connectivity index is 2.27. The summed E-state index contributed by atoms with van der Waals surface area (Å²) in [5, 5.41) is 0.266. The second-order valence-electron chi connectivity index (χ2n) is 3.45. The van der Waals surface area contributed by atoms with E-state index in [0.717, 1.165) is 23.5 Å². The van der Waals surface area contributed by atoms with Gasteiger partial charge in [-0.3, -0.25) is 10.2 Å². The molecule has 0 fully saturated rings. The van der Waals surface area contributed by atoms with Gasteiger partial charge in [0.2, 0.25) is 5.01 Å². The zero-order valence-corrected chi connectivity index (χ0v) is 10.1. The highest BCUT2D eigenvalue weighted by molar-refractivity contribution is 7.07. The standard InChI is InChI=1S/C11H12N4OS/c1-2-7-3-5-8(6-4-7)9-13-11(17-15-9)10(16)14-12/h3-6H,2,12H2,1H3,(H,14,16). The molecular formula is C11H12N4OS. The Hall–Kier alpha value is -1.79. The van der Waals surface area contributed by atoms with E-state index in [0.29, 0.717) is 5.82 Å². The van der Waals surface area contributed by atoms with Gasteiger partial charge in [-0.25, -0.2) is 10.8 Å². The minimum Gasteiger partial charge on any atom is -0.288 e. The molecule has 1 aromatic carbocycles. The monoisotopic (exact) mass is 248 g/mol. The Morgan fingerprint density at radius 2 is 2.12 bits per heavy atom. The average molecular weight is 248 g/mol. The molecule has 6 heteroatoms. The maximum absolute atomic E-state index is 11.2. The first-order valence-corrected chi connectivity index (χ1v) is 5.96. The summed E-state index contributed by atoms with van der Waals surface area (Å²) in [6, 6.07) is 7.95. The summed E-state index contributed by atoms with van der Waals surface area (Å²) in [5.41, 5.74) is 4.18. The van der Waals surface area contributed by atoms with Crippen LogP contribution < -0.4 is 11.3 Å². The molecule has 1 aromatic heterocycles. The van der Waals surface area contributed by atoms with Crippen LogP contribution in [0.4, 0.5) is 0 Å². The Morgan fingerprint density at radius 1 is 1.41 bits per heavy atom. The summed E-state index contributed by atoms with van der Waals surface area (Å²) >= 11 is 1.03. The highest BCUT2D eigenvalue weighted by Gasteiger charge is 2.12. The van der Waals surface area contributed by atoms with E-state index in [9.17, 15) is 4.79 Å². The number of rotatable bonds is 3. The Morgan fingerprint density at radius 3 is 2.71 bits per heavy atom. The first-order valence-electron chi connectivity index (χ1n) is 5.18. The topological polar surface area (TPSA) is 80.9 Å². The van der Waals surface area contributed by atoms with E-state index in [-0.39, 0.29) is 5.01 Å². The number of carbonyl (C=O) groups excluding carboxylic acids is 1. The predicted octanol–water partition coefficient (Wildman–Crippen LogP) is 1.37. The lowest BCUT2D eigenvalue weighted by Gasteiger charge is -1.97. The van der Waals surface area contributed by atoms with E-state index >= 15 is 0 Å². The lowest BCUT2D eigenvalue weighted by molar-refractivity contribution is 0.0953. The fraction of sp³-hybridized carbons (Fsp3) is 0.182. The molecule has 3 N–H and O–H groups in total. The molecule has 0 aliphatic heterocycles. The van der Waals surface area contributed by atoms with Gasteiger partial charge in [0.1, 0.15) is 0 Å². The third-order valence-electron chi connectivity index (χ3n) is 2.37. The molecule has 2 aromatic rings. The van der Waals surface area contributed by atoms with Crippen LogP contribution in [0.1, 0.15) is 22.3 Å². The maximum atomic E-state index is 11.2. The molecule has 0 spiro atoms. The Bertz CT molecular complexity index is 521. The van der Waals surface area contributed by atoms with E-state index in [4.69, 9.17) is 5.84 Å². The lowest BCUT2D eigenvalue weighted by atomic mass is 10.1. The SMILES string of the molecule is CCc1ccc(-c2nsc(C(=O)NN)n2)cc1. The quantitative estimate of drug-likeness (QED) is 0.488. The molecule has 1 heterocycles. The zero-order valence-electron chi connectivity index (χ0n) is 9.30. The van der Waals surface area contributed by atoms with Crippen LogP contribution in [0.5, 0.6) is 0 Å². The summed E-state index contributed by atoms with van der Waals surface area (Å²) in [4.78, 5) is 15.4. The number of nitrogen functional groups attached to an aromatic ring is 1. The summed E-state index contributed by atoms with van der Waals surface area (Å²) in [6.07, 6.45) is 0.992. The minimum absolute atomic E-state index is 0.266. The number of hydrogen-bond acceptors (Lipinski definition) is 5. The molecule has 2 rings (SSSR count). The van der Waals surface area contributed by atoms with Crippen molar-refractivity contribution in [3.8, 4) is 11.4 Å². The van der Waals surface area contributed by atoms with E-state index in [1.165, 1.54) is 5.56 Å². The molecule has 5 nitrogen and oxygen atoms in total. The highest BCUT2D eigenvalue weighted by atomic mass is 32.1. The summed E-state index contributed by atoms with van der Waals surface area (Å²) in [7, 11) is 0. The van der Waals surface area contributed by atoms with Crippen molar-refractivity contribution in [2.24, 2.45) is 5.84 Å². The first kappa shape index (κ1) is 11.7. The predicted molar refractivity (Wildman–Crippen MR) is 66.4 cm³/mol. The fourth-order valence-electron chi connectivity index (χ4n) is 1.38. The molecule has 17 heavy (non-hydrogen) atoms. The van der Waals surface area contributed by atoms with Crippen LogP contribution in [0.15, 0.2) is 24.3 Å². The van der Waals surface area contributed by atoms with Gasteiger partial charge in [0.15, 0.2) is 5.82 Å². The average Bonchev–Trinajstić information content (AvgIpc) is 2.87. The van der Waals surface area contributed by atoms with Gasteiger partial charge in [-0.2, -0.15) is 4.37 Å². The van der Waals surface area contributed by atoms with Gasteiger partial charge in [-0.1, -0.05) is 31.2 Å². The van der Waals surface area contributed by atoms with Gasteiger partial charge in [-0.15, -0.1) is 0 Å². The molecule has 1 amide bonds. The van der Waals surface area contributed by atoms with Crippen LogP contribution in [0.25, 0.3) is 11.4 Å². The fourth-order valence-corrected chi connectivity index (χ4v) is 1.97.